The van der Waals surface area contributed by atoms with E-state index in [1.165, 1.54) is 0 Å². The van der Waals surface area contributed by atoms with Crippen LogP contribution in [0.25, 0.3) is 0 Å². The average Bonchev–Trinajstić information content (AvgIpc) is 2.38. The molecule has 0 unspecified atom stereocenters. The predicted molar refractivity (Wildman–Crippen MR) is 81.1 cm³/mol. The van der Waals surface area contributed by atoms with Crippen LogP contribution in [0.2, 0.25) is 0 Å². The van der Waals surface area contributed by atoms with Crippen LogP contribution in [0.1, 0.15) is 27.2 Å². The zero-order valence-electron chi connectivity index (χ0n) is 11.2. The van der Waals surface area contributed by atoms with Crippen molar-refractivity contribution in [2.75, 3.05) is 13.7 Å². The summed E-state index contributed by atoms with van der Waals surface area (Å²) in [5, 5.41) is 18.4. The predicted octanol–water partition coefficient (Wildman–Crippen LogP) is 1.19. The van der Waals surface area contributed by atoms with Gasteiger partial charge in [-0.2, -0.15) is 15.3 Å². The Labute approximate surface area is 135 Å². The Bertz CT molecular complexity index is 382. The van der Waals surface area contributed by atoms with Crippen LogP contribution in [0.3, 0.4) is 0 Å². The van der Waals surface area contributed by atoms with Gasteiger partial charge in [-0.3, -0.25) is 0 Å². The molecule has 1 radical (unpaired) electrons. The van der Waals surface area contributed by atoms with E-state index in [9.17, 15) is 0 Å². The van der Waals surface area contributed by atoms with E-state index in [1.807, 2.05) is 6.92 Å². The van der Waals surface area contributed by atoms with Gasteiger partial charge in [0.05, 0.1) is 23.3 Å². The molecule has 0 aliphatic carbocycles. The first-order valence-corrected chi connectivity index (χ1v) is 6.22. The third-order valence-electron chi connectivity index (χ3n) is 1.74. The van der Waals surface area contributed by atoms with E-state index < -0.39 is 0 Å². The number of rotatable bonds is 5. The molecule has 0 heterocycles. The first kappa shape index (κ1) is 20.6. The largest absolute Gasteiger partial charge is 2.00 e. The van der Waals surface area contributed by atoms with Gasteiger partial charge in [0.25, 0.3) is 0 Å². The number of amidine groups is 1. The summed E-state index contributed by atoms with van der Waals surface area (Å²) in [6, 6.07) is 0. The fraction of sp³-hybridized carbons (Fsp3) is 0.600. The van der Waals surface area contributed by atoms with Crippen LogP contribution in [-0.2, 0) is 47.1 Å². The first-order chi connectivity index (χ1) is 8.51. The summed E-state index contributed by atoms with van der Waals surface area (Å²) in [5.41, 5.74) is 1.20. The van der Waals surface area contributed by atoms with Gasteiger partial charge in [0.2, 0.25) is 0 Å². The van der Waals surface area contributed by atoms with Crippen molar-refractivity contribution in [3.8, 4) is 0 Å². The Morgan fingerprint density at radius 3 is 2.05 bits per heavy atom. The molecule has 0 saturated carbocycles. The molecule has 0 fully saturated rings. The SMILES string of the molecule is CCCO/C([S-])=N/N=C(C)/C(C)=N/N=C(\[S-])NC.[Cu+2]. The van der Waals surface area contributed by atoms with Crippen LogP contribution in [0.4, 0.5) is 0 Å². The van der Waals surface area contributed by atoms with Crippen LogP contribution >= 0.6 is 0 Å². The molecule has 111 valence electrons. The molecule has 9 heteroatoms. The van der Waals surface area contributed by atoms with Crippen LogP contribution in [-0.4, -0.2) is 35.5 Å². The summed E-state index contributed by atoms with van der Waals surface area (Å²) in [6.45, 7) is 6.03. The number of hydrogen-bond donors (Lipinski definition) is 1. The summed E-state index contributed by atoms with van der Waals surface area (Å²) >= 11 is 9.68. The third kappa shape index (κ3) is 10.8. The smallest absolute Gasteiger partial charge is 0.741 e. The Balaban J connectivity index is 0. The molecule has 0 atom stereocenters. The van der Waals surface area contributed by atoms with Crippen molar-refractivity contribution in [1.29, 1.82) is 0 Å². The second kappa shape index (κ2) is 12.3. The maximum atomic E-state index is 5.10. The fourth-order valence-electron chi connectivity index (χ4n) is 0.649. The van der Waals surface area contributed by atoms with Crippen molar-refractivity contribution in [2.45, 2.75) is 27.2 Å². The molecule has 0 saturated heterocycles. The quantitative estimate of drug-likeness (QED) is 0.266. The van der Waals surface area contributed by atoms with Crippen LogP contribution in [0.5, 0.6) is 0 Å². The molecular formula is C10H17CuN5OS2. The zero-order chi connectivity index (χ0) is 14.0. The minimum atomic E-state index is 0. The summed E-state index contributed by atoms with van der Waals surface area (Å²) in [5.74, 6) is 0. The molecule has 0 spiro atoms. The molecule has 0 aromatic carbocycles. The van der Waals surface area contributed by atoms with Gasteiger partial charge in [-0.15, -0.1) is 5.10 Å². The molecule has 1 N–H and O–H groups in total. The Kier molecular flexibility index (Phi) is 13.3. The van der Waals surface area contributed by atoms with E-state index in [0.717, 1.165) is 6.42 Å². The Hall–Kier alpha value is -0.761. The van der Waals surface area contributed by atoms with Crippen LogP contribution < -0.4 is 5.32 Å². The van der Waals surface area contributed by atoms with E-state index in [-0.39, 0.29) is 22.3 Å². The normalized spacial score (nSPS) is 13.9. The average molecular weight is 351 g/mol. The standard InChI is InChI=1S/C10H19N5OS2.Cu/c1-5-6-16-10(18)15-13-8(3)7(2)12-14-9(17)11-4;/h5-6H2,1-4H3,(H,15,18)(H2,11,14,17);/q;+2/p-2/b12-7+,13-8+;. The number of nitrogens with zero attached hydrogens (tertiary/aromatic N) is 4. The molecule has 0 aliphatic heterocycles. The van der Waals surface area contributed by atoms with Gasteiger partial charge in [0.15, 0.2) is 0 Å². The van der Waals surface area contributed by atoms with Crippen molar-refractivity contribution in [2.24, 2.45) is 20.4 Å². The van der Waals surface area contributed by atoms with Gasteiger partial charge in [0, 0.05) is 7.05 Å². The van der Waals surface area contributed by atoms with Crippen molar-refractivity contribution < 1.29 is 21.8 Å². The minimum Gasteiger partial charge on any atom is -0.741 e. The van der Waals surface area contributed by atoms with E-state index in [2.05, 4.69) is 25.7 Å². The number of nitrogens with one attached hydrogen (secondary N) is 1. The molecule has 0 aromatic rings. The molecule has 0 aliphatic rings. The van der Waals surface area contributed by atoms with E-state index in [4.69, 9.17) is 30.0 Å². The molecule has 0 bridgehead atoms. The van der Waals surface area contributed by atoms with Crippen LogP contribution in [0.15, 0.2) is 20.4 Å². The summed E-state index contributed by atoms with van der Waals surface area (Å²) in [7, 11) is 1.68. The topological polar surface area (TPSA) is 70.7 Å². The maximum Gasteiger partial charge on any atom is 2.00 e. The van der Waals surface area contributed by atoms with Crippen molar-refractivity contribution in [3.63, 3.8) is 0 Å². The Morgan fingerprint density at radius 1 is 1.05 bits per heavy atom. The zero-order valence-corrected chi connectivity index (χ0v) is 13.8. The second-order valence-corrected chi connectivity index (χ2v) is 3.98. The maximum absolute atomic E-state index is 5.10. The van der Waals surface area contributed by atoms with E-state index in [0.29, 0.717) is 23.2 Å². The fourth-order valence-corrected chi connectivity index (χ4v) is 0.814. The van der Waals surface area contributed by atoms with Gasteiger partial charge in [-0.05, 0) is 25.4 Å². The van der Waals surface area contributed by atoms with Crippen molar-refractivity contribution >= 4 is 47.1 Å². The Morgan fingerprint density at radius 2 is 1.58 bits per heavy atom. The molecular weight excluding hydrogens is 334 g/mol. The summed E-state index contributed by atoms with van der Waals surface area (Å²) < 4.78 is 5.10. The monoisotopic (exact) mass is 350 g/mol. The third-order valence-corrected chi connectivity index (χ3v) is 2.22. The van der Waals surface area contributed by atoms with Gasteiger partial charge in [-0.1, -0.05) is 6.92 Å². The van der Waals surface area contributed by atoms with Gasteiger partial charge >= 0.3 is 17.1 Å². The van der Waals surface area contributed by atoms with E-state index in [1.54, 1.807) is 20.9 Å². The summed E-state index contributed by atoms with van der Waals surface area (Å²) in [4.78, 5) is 0. The molecule has 6 nitrogen and oxygen atoms in total. The molecule has 19 heavy (non-hydrogen) atoms. The van der Waals surface area contributed by atoms with Crippen molar-refractivity contribution in [1.82, 2.24) is 5.32 Å². The van der Waals surface area contributed by atoms with E-state index >= 15 is 0 Å². The number of ether oxygens (including phenoxy) is 1. The minimum absolute atomic E-state index is 0. The van der Waals surface area contributed by atoms with Gasteiger partial charge in [0.1, 0.15) is 0 Å². The van der Waals surface area contributed by atoms with Gasteiger partial charge in [-0.25, -0.2) is 0 Å². The van der Waals surface area contributed by atoms with Crippen LogP contribution in [0, 0.1) is 0 Å². The molecule has 0 amide bonds. The number of hydrogen-bond acceptors (Lipinski definition) is 7. The first-order valence-electron chi connectivity index (χ1n) is 5.40. The molecule has 0 rings (SSSR count). The molecule has 0 aromatic heterocycles. The second-order valence-electron chi connectivity index (χ2n) is 3.24. The summed E-state index contributed by atoms with van der Waals surface area (Å²) in [6.07, 6.45) is 0.874. The van der Waals surface area contributed by atoms with Gasteiger partial charge < -0.3 is 35.3 Å². The van der Waals surface area contributed by atoms with Crippen molar-refractivity contribution in [3.05, 3.63) is 0 Å².